The summed E-state index contributed by atoms with van der Waals surface area (Å²) in [5, 5.41) is 0. The van der Waals surface area contributed by atoms with Crippen LogP contribution in [0.4, 0.5) is 13.2 Å². The second kappa shape index (κ2) is 3.93. The van der Waals surface area contributed by atoms with Crippen LogP contribution in [0.15, 0.2) is 41.3 Å². The Morgan fingerprint density at radius 3 is 2.25 bits per heavy atom. The minimum Gasteiger partial charge on any atom is -0.306 e. The summed E-state index contributed by atoms with van der Waals surface area (Å²) in [4.78, 5) is 3.31. The number of nitrogens with zero attached hydrogens (tertiary/aromatic N) is 2. The van der Waals surface area contributed by atoms with E-state index < -0.39 is 11.9 Å². The van der Waals surface area contributed by atoms with Crippen molar-refractivity contribution in [3.8, 4) is 5.69 Å². The van der Waals surface area contributed by atoms with Crippen molar-refractivity contribution in [3.05, 3.63) is 47.0 Å². The maximum absolute atomic E-state index is 12.3. The molecular weight excluding hydrogens is 285 g/mol. The lowest BCUT2D eigenvalue weighted by atomic mass is 10.3. The number of rotatable bonds is 1. The van der Waals surface area contributed by atoms with Gasteiger partial charge in [0.1, 0.15) is 0 Å². The van der Waals surface area contributed by atoms with Crippen LogP contribution in [0.3, 0.4) is 0 Å². The first kappa shape index (κ1) is 11.2. The second-order valence-electron chi connectivity index (χ2n) is 3.14. The molecule has 0 saturated heterocycles. The molecule has 0 N–H and O–H groups in total. The summed E-state index contributed by atoms with van der Waals surface area (Å²) in [6, 6.07) is 6.91. The Bertz CT molecular complexity index is 488. The first-order chi connectivity index (χ1) is 7.47. The summed E-state index contributed by atoms with van der Waals surface area (Å²) in [6.45, 7) is 0. The molecular formula is C10H6BrF3N2. The van der Waals surface area contributed by atoms with E-state index in [4.69, 9.17) is 0 Å². The zero-order valence-electron chi connectivity index (χ0n) is 7.87. The van der Waals surface area contributed by atoms with Gasteiger partial charge in [-0.05, 0) is 24.3 Å². The molecule has 0 fully saturated rings. The topological polar surface area (TPSA) is 17.8 Å². The summed E-state index contributed by atoms with van der Waals surface area (Å²) in [6.07, 6.45) is -2.30. The minimum atomic E-state index is -4.40. The van der Waals surface area contributed by atoms with E-state index in [1.54, 1.807) is 24.3 Å². The fourth-order valence-electron chi connectivity index (χ4n) is 1.22. The van der Waals surface area contributed by atoms with E-state index in [-0.39, 0.29) is 0 Å². The van der Waals surface area contributed by atoms with Gasteiger partial charge in [0.05, 0.1) is 6.33 Å². The third kappa shape index (κ3) is 2.27. The van der Waals surface area contributed by atoms with Gasteiger partial charge in [-0.1, -0.05) is 15.9 Å². The first-order valence-electron chi connectivity index (χ1n) is 4.34. The molecule has 0 amide bonds. The van der Waals surface area contributed by atoms with Crippen molar-refractivity contribution in [3.63, 3.8) is 0 Å². The molecule has 0 aliphatic rings. The van der Waals surface area contributed by atoms with Crippen LogP contribution in [0, 0.1) is 0 Å². The normalized spacial score (nSPS) is 11.8. The molecule has 1 aromatic heterocycles. The maximum Gasteiger partial charge on any atom is 0.434 e. The molecule has 0 atom stereocenters. The van der Waals surface area contributed by atoms with Crippen LogP contribution in [-0.2, 0) is 6.18 Å². The van der Waals surface area contributed by atoms with Crippen molar-refractivity contribution in [2.24, 2.45) is 0 Å². The number of hydrogen-bond acceptors (Lipinski definition) is 1. The van der Waals surface area contributed by atoms with E-state index >= 15 is 0 Å². The van der Waals surface area contributed by atoms with E-state index in [0.29, 0.717) is 5.69 Å². The van der Waals surface area contributed by atoms with Gasteiger partial charge in [-0.3, -0.25) is 0 Å². The standard InChI is InChI=1S/C10H6BrF3N2/c11-7-1-3-8(4-2-7)16-5-9(15-6-16)10(12,13)14/h1-6H. The number of hydrogen-bond donors (Lipinski definition) is 0. The number of alkyl halides is 3. The Labute approximate surface area is 97.9 Å². The molecule has 0 radical (unpaired) electrons. The molecule has 0 unspecified atom stereocenters. The van der Waals surface area contributed by atoms with E-state index in [1.165, 1.54) is 4.57 Å². The highest BCUT2D eigenvalue weighted by molar-refractivity contribution is 9.10. The molecule has 1 heterocycles. The van der Waals surface area contributed by atoms with Gasteiger partial charge in [0.2, 0.25) is 0 Å². The molecule has 0 saturated carbocycles. The first-order valence-corrected chi connectivity index (χ1v) is 5.13. The molecule has 6 heteroatoms. The Kier molecular flexibility index (Phi) is 2.75. The van der Waals surface area contributed by atoms with Crippen LogP contribution in [0.2, 0.25) is 0 Å². The summed E-state index contributed by atoms with van der Waals surface area (Å²) >= 11 is 3.25. The lowest BCUT2D eigenvalue weighted by Crippen LogP contribution is -2.04. The molecule has 2 aromatic rings. The van der Waals surface area contributed by atoms with E-state index in [2.05, 4.69) is 20.9 Å². The highest BCUT2D eigenvalue weighted by atomic mass is 79.9. The molecule has 84 valence electrons. The monoisotopic (exact) mass is 290 g/mol. The number of imidazole rings is 1. The average molecular weight is 291 g/mol. The van der Waals surface area contributed by atoms with E-state index in [0.717, 1.165) is 17.0 Å². The smallest absolute Gasteiger partial charge is 0.306 e. The van der Waals surface area contributed by atoms with Crippen LogP contribution in [0.25, 0.3) is 5.69 Å². The summed E-state index contributed by atoms with van der Waals surface area (Å²) in [5.41, 5.74) is -0.262. The molecule has 16 heavy (non-hydrogen) atoms. The quantitative estimate of drug-likeness (QED) is 0.784. The maximum atomic E-state index is 12.3. The van der Waals surface area contributed by atoms with Gasteiger partial charge in [0.25, 0.3) is 0 Å². The average Bonchev–Trinajstić information content (AvgIpc) is 2.67. The Hall–Kier alpha value is -1.30. The van der Waals surface area contributed by atoms with Gasteiger partial charge >= 0.3 is 6.18 Å². The Morgan fingerprint density at radius 1 is 1.12 bits per heavy atom. The van der Waals surface area contributed by atoms with Gasteiger partial charge in [-0.25, -0.2) is 4.98 Å². The van der Waals surface area contributed by atoms with Crippen molar-refractivity contribution in [1.82, 2.24) is 9.55 Å². The van der Waals surface area contributed by atoms with E-state index in [1.807, 2.05) is 0 Å². The lowest BCUT2D eigenvalue weighted by molar-refractivity contribution is -0.140. The number of aromatic nitrogens is 2. The summed E-state index contributed by atoms with van der Waals surface area (Å²) in [5.74, 6) is 0. The van der Waals surface area contributed by atoms with Crippen molar-refractivity contribution >= 4 is 15.9 Å². The van der Waals surface area contributed by atoms with E-state index in [9.17, 15) is 13.2 Å². The fraction of sp³-hybridized carbons (Fsp3) is 0.100. The predicted octanol–water partition coefficient (Wildman–Crippen LogP) is 3.65. The van der Waals surface area contributed by atoms with Crippen LogP contribution in [0.5, 0.6) is 0 Å². The summed E-state index contributed by atoms with van der Waals surface area (Å²) in [7, 11) is 0. The molecule has 0 spiro atoms. The lowest BCUT2D eigenvalue weighted by Gasteiger charge is -2.02. The van der Waals surface area contributed by atoms with Gasteiger partial charge in [-0.15, -0.1) is 0 Å². The number of benzene rings is 1. The second-order valence-corrected chi connectivity index (χ2v) is 4.06. The molecule has 0 bridgehead atoms. The van der Waals surface area contributed by atoms with Crippen molar-refractivity contribution in [2.75, 3.05) is 0 Å². The Balaban J connectivity index is 2.35. The highest BCUT2D eigenvalue weighted by Gasteiger charge is 2.33. The fourth-order valence-corrected chi connectivity index (χ4v) is 1.49. The van der Waals surface area contributed by atoms with Crippen molar-refractivity contribution in [2.45, 2.75) is 6.18 Å². The zero-order valence-corrected chi connectivity index (χ0v) is 9.46. The van der Waals surface area contributed by atoms with Gasteiger partial charge < -0.3 is 4.57 Å². The highest BCUT2D eigenvalue weighted by Crippen LogP contribution is 2.28. The van der Waals surface area contributed by atoms with Gasteiger partial charge in [-0.2, -0.15) is 13.2 Å². The zero-order chi connectivity index (χ0) is 11.8. The van der Waals surface area contributed by atoms with Crippen LogP contribution >= 0.6 is 15.9 Å². The third-order valence-electron chi connectivity index (χ3n) is 2.00. The largest absolute Gasteiger partial charge is 0.434 e. The van der Waals surface area contributed by atoms with Gasteiger partial charge in [0.15, 0.2) is 5.69 Å². The van der Waals surface area contributed by atoms with Crippen LogP contribution in [0.1, 0.15) is 5.69 Å². The number of halogens is 4. The van der Waals surface area contributed by atoms with Gasteiger partial charge in [0, 0.05) is 16.4 Å². The van der Waals surface area contributed by atoms with Crippen LogP contribution in [-0.4, -0.2) is 9.55 Å². The molecule has 0 aliphatic carbocycles. The molecule has 0 aliphatic heterocycles. The van der Waals surface area contributed by atoms with Crippen molar-refractivity contribution in [1.29, 1.82) is 0 Å². The SMILES string of the molecule is FC(F)(F)c1cn(-c2ccc(Br)cc2)cn1. The Morgan fingerprint density at radius 2 is 1.75 bits per heavy atom. The van der Waals surface area contributed by atoms with Crippen LogP contribution < -0.4 is 0 Å². The molecule has 2 nitrogen and oxygen atoms in total. The molecule has 2 rings (SSSR count). The third-order valence-corrected chi connectivity index (χ3v) is 2.53. The summed E-state index contributed by atoms with van der Waals surface area (Å²) < 4.78 is 39.1. The molecule has 1 aromatic carbocycles. The predicted molar refractivity (Wildman–Crippen MR) is 56.3 cm³/mol. The van der Waals surface area contributed by atoms with Crippen molar-refractivity contribution < 1.29 is 13.2 Å². The minimum absolute atomic E-state index is 0.631.